The maximum absolute atomic E-state index is 12.1. The van der Waals surface area contributed by atoms with Gasteiger partial charge in [-0.1, -0.05) is 0 Å². The third-order valence-electron chi connectivity index (χ3n) is 2.42. The summed E-state index contributed by atoms with van der Waals surface area (Å²) in [5.41, 5.74) is 4.94. The van der Waals surface area contributed by atoms with Crippen molar-refractivity contribution in [2.45, 2.75) is 4.90 Å². The fraction of sp³-hybridized carbons (Fsp3) is 0.100. The van der Waals surface area contributed by atoms with Crippen LogP contribution in [0.5, 0.6) is 0 Å². The monoisotopic (exact) mass is 297 g/mol. The van der Waals surface area contributed by atoms with Crippen LogP contribution in [0.3, 0.4) is 0 Å². The van der Waals surface area contributed by atoms with Gasteiger partial charge in [-0.15, -0.1) is 0 Å². The van der Waals surface area contributed by atoms with Crippen LogP contribution in [0.2, 0.25) is 0 Å². The van der Waals surface area contributed by atoms with Crippen LogP contribution in [0.15, 0.2) is 35.4 Å². The Morgan fingerprint density at radius 2 is 2.10 bits per heavy atom. The van der Waals surface area contributed by atoms with Crippen LogP contribution in [0.1, 0.15) is 0 Å². The van der Waals surface area contributed by atoms with E-state index in [0.717, 1.165) is 12.1 Å². The SMILES string of the molecule is Cn1ccc(NS(=O)(=O)c2ccc(N)cc2[N+](=O)[O-])n1. The highest BCUT2D eigenvalue weighted by molar-refractivity contribution is 7.92. The molecule has 0 radical (unpaired) electrons. The van der Waals surface area contributed by atoms with Gasteiger partial charge in [-0.25, -0.2) is 8.42 Å². The number of nitrogens with zero attached hydrogens (tertiary/aromatic N) is 3. The molecule has 1 aromatic carbocycles. The first kappa shape index (κ1) is 13.8. The molecule has 2 aromatic rings. The summed E-state index contributed by atoms with van der Waals surface area (Å²) in [6, 6.07) is 4.78. The number of anilines is 2. The number of nitro benzene ring substituents is 1. The standard InChI is InChI=1S/C10H11N5O4S/c1-14-5-4-10(12-14)13-20(18,19)9-3-2-7(11)6-8(9)15(16)17/h2-6H,11H2,1H3,(H,12,13). The summed E-state index contributed by atoms with van der Waals surface area (Å²) in [7, 11) is -2.50. The van der Waals surface area contributed by atoms with Gasteiger partial charge in [0.25, 0.3) is 15.7 Å². The van der Waals surface area contributed by atoms with Gasteiger partial charge < -0.3 is 5.73 Å². The Hall–Kier alpha value is -2.62. The topological polar surface area (TPSA) is 133 Å². The molecule has 10 heteroatoms. The van der Waals surface area contributed by atoms with Gasteiger partial charge in [0.1, 0.15) is 0 Å². The zero-order valence-corrected chi connectivity index (χ0v) is 11.2. The molecule has 0 aliphatic carbocycles. The van der Waals surface area contributed by atoms with E-state index in [1.54, 1.807) is 7.05 Å². The van der Waals surface area contributed by atoms with E-state index in [2.05, 4.69) is 9.82 Å². The van der Waals surface area contributed by atoms with E-state index in [1.807, 2.05) is 0 Å². The van der Waals surface area contributed by atoms with E-state index in [0.29, 0.717) is 0 Å². The maximum atomic E-state index is 12.1. The Bertz CT molecular complexity index is 768. The van der Waals surface area contributed by atoms with Gasteiger partial charge in [0.2, 0.25) is 0 Å². The highest BCUT2D eigenvalue weighted by atomic mass is 32.2. The van der Waals surface area contributed by atoms with Crippen molar-refractivity contribution in [1.82, 2.24) is 9.78 Å². The number of benzene rings is 1. The van der Waals surface area contributed by atoms with Crippen molar-refractivity contribution in [2.24, 2.45) is 7.05 Å². The van der Waals surface area contributed by atoms with Crippen molar-refractivity contribution in [2.75, 3.05) is 10.5 Å². The second-order valence-electron chi connectivity index (χ2n) is 3.96. The molecule has 1 heterocycles. The number of hydrogen-bond acceptors (Lipinski definition) is 6. The first-order valence-corrected chi connectivity index (χ1v) is 6.84. The van der Waals surface area contributed by atoms with Gasteiger partial charge in [0.05, 0.1) is 4.92 Å². The first-order valence-electron chi connectivity index (χ1n) is 5.36. The summed E-state index contributed by atoms with van der Waals surface area (Å²) in [4.78, 5) is 9.64. The molecule has 9 nitrogen and oxygen atoms in total. The molecule has 0 bridgehead atoms. The van der Waals surface area contributed by atoms with E-state index in [9.17, 15) is 18.5 Å². The van der Waals surface area contributed by atoms with Gasteiger partial charge in [-0.05, 0) is 12.1 Å². The zero-order chi connectivity index (χ0) is 14.9. The molecule has 0 spiro atoms. The van der Waals surface area contributed by atoms with Crippen molar-refractivity contribution in [3.05, 3.63) is 40.6 Å². The van der Waals surface area contributed by atoms with Crippen molar-refractivity contribution >= 4 is 27.2 Å². The second-order valence-corrected chi connectivity index (χ2v) is 5.62. The average Bonchev–Trinajstić information content (AvgIpc) is 2.73. The van der Waals surface area contributed by atoms with Crippen molar-refractivity contribution in [3.63, 3.8) is 0 Å². The lowest BCUT2D eigenvalue weighted by Crippen LogP contribution is -2.15. The van der Waals surface area contributed by atoms with E-state index in [1.165, 1.54) is 23.0 Å². The second kappa shape index (κ2) is 4.81. The molecule has 0 saturated carbocycles. The quantitative estimate of drug-likeness (QED) is 0.485. The molecule has 106 valence electrons. The normalized spacial score (nSPS) is 11.2. The molecule has 0 aliphatic heterocycles. The lowest BCUT2D eigenvalue weighted by molar-refractivity contribution is -0.387. The van der Waals surface area contributed by atoms with E-state index in [-0.39, 0.29) is 11.5 Å². The summed E-state index contributed by atoms with van der Waals surface area (Å²) in [5, 5.41) is 14.8. The van der Waals surface area contributed by atoms with Crippen LogP contribution < -0.4 is 10.5 Å². The third kappa shape index (κ3) is 2.69. The third-order valence-corrected chi connectivity index (χ3v) is 3.82. The number of aryl methyl sites for hydroxylation is 1. The number of nitro groups is 1. The van der Waals surface area contributed by atoms with Crippen LogP contribution in [0.25, 0.3) is 0 Å². The number of sulfonamides is 1. The predicted molar refractivity (Wildman–Crippen MR) is 71.5 cm³/mol. The van der Waals surface area contributed by atoms with Gasteiger partial charge in [-0.2, -0.15) is 5.10 Å². The minimum Gasteiger partial charge on any atom is -0.399 e. The molecule has 20 heavy (non-hydrogen) atoms. The van der Waals surface area contributed by atoms with Crippen LogP contribution in [0, 0.1) is 10.1 Å². The predicted octanol–water partition coefficient (Wildman–Crippen LogP) is 0.711. The summed E-state index contributed by atoms with van der Waals surface area (Å²) in [5.74, 6) is 0.0682. The Morgan fingerprint density at radius 1 is 1.40 bits per heavy atom. The molecule has 2 rings (SSSR count). The van der Waals surface area contributed by atoms with Crippen molar-refractivity contribution in [1.29, 1.82) is 0 Å². The zero-order valence-electron chi connectivity index (χ0n) is 10.3. The van der Waals surface area contributed by atoms with Crippen LogP contribution >= 0.6 is 0 Å². The maximum Gasteiger partial charge on any atom is 0.291 e. The van der Waals surface area contributed by atoms with Crippen LogP contribution in [0.4, 0.5) is 17.2 Å². The Morgan fingerprint density at radius 3 is 2.65 bits per heavy atom. The summed E-state index contributed by atoms with van der Waals surface area (Å²) in [6.07, 6.45) is 1.54. The first-order chi connectivity index (χ1) is 9.29. The molecule has 0 amide bonds. The highest BCUT2D eigenvalue weighted by Gasteiger charge is 2.26. The molecule has 0 saturated heterocycles. The minimum atomic E-state index is -4.12. The molecule has 0 fully saturated rings. The van der Waals surface area contributed by atoms with E-state index in [4.69, 9.17) is 5.73 Å². The Balaban J connectivity index is 2.46. The Kier molecular flexibility index (Phi) is 3.32. The number of aromatic nitrogens is 2. The van der Waals surface area contributed by atoms with Gasteiger partial charge >= 0.3 is 0 Å². The number of rotatable bonds is 4. The molecule has 0 aliphatic rings. The average molecular weight is 297 g/mol. The molecule has 0 unspecified atom stereocenters. The van der Waals surface area contributed by atoms with Gasteiger partial charge in [-0.3, -0.25) is 19.5 Å². The van der Waals surface area contributed by atoms with Crippen LogP contribution in [-0.2, 0) is 17.1 Å². The van der Waals surface area contributed by atoms with Crippen LogP contribution in [-0.4, -0.2) is 23.1 Å². The molecule has 0 atom stereocenters. The number of hydrogen-bond donors (Lipinski definition) is 2. The van der Waals surface area contributed by atoms with E-state index < -0.39 is 25.5 Å². The van der Waals surface area contributed by atoms with Crippen molar-refractivity contribution < 1.29 is 13.3 Å². The number of nitrogens with one attached hydrogen (secondary N) is 1. The lowest BCUT2D eigenvalue weighted by Gasteiger charge is -2.06. The lowest BCUT2D eigenvalue weighted by atomic mass is 10.3. The highest BCUT2D eigenvalue weighted by Crippen LogP contribution is 2.27. The fourth-order valence-corrected chi connectivity index (χ4v) is 2.72. The summed E-state index contributed by atoms with van der Waals surface area (Å²) in [6.45, 7) is 0. The summed E-state index contributed by atoms with van der Waals surface area (Å²) < 4.78 is 27.8. The number of nitrogen functional groups attached to an aromatic ring is 1. The van der Waals surface area contributed by atoms with Gasteiger partial charge in [0, 0.05) is 31.1 Å². The smallest absolute Gasteiger partial charge is 0.291 e. The van der Waals surface area contributed by atoms with Crippen molar-refractivity contribution in [3.8, 4) is 0 Å². The molecule has 3 N–H and O–H groups in total. The molecule has 1 aromatic heterocycles. The molecular weight excluding hydrogens is 286 g/mol. The van der Waals surface area contributed by atoms with E-state index >= 15 is 0 Å². The number of nitrogens with two attached hydrogens (primary N) is 1. The largest absolute Gasteiger partial charge is 0.399 e. The molecular formula is C10H11N5O4S. The Labute approximate surface area is 114 Å². The van der Waals surface area contributed by atoms with Gasteiger partial charge in [0.15, 0.2) is 10.7 Å². The fourth-order valence-electron chi connectivity index (χ4n) is 1.57. The summed E-state index contributed by atoms with van der Waals surface area (Å²) >= 11 is 0. The minimum absolute atomic E-state index is 0.0682.